The van der Waals surface area contributed by atoms with E-state index in [9.17, 15) is 0 Å². The quantitative estimate of drug-likeness (QED) is 0.597. The van der Waals surface area contributed by atoms with Crippen molar-refractivity contribution in [1.82, 2.24) is 5.32 Å². The molecule has 0 aromatic heterocycles. The Balaban J connectivity index is 0.000000309. The number of methoxy groups -OCH3 is 1. The summed E-state index contributed by atoms with van der Waals surface area (Å²) in [5.41, 5.74) is 2.44. The SMILES string of the molecule is COc1cccc2c1CCOC2C1=NCCN1.O=S(=O)([O-])[O-]. The van der Waals surface area contributed by atoms with E-state index in [1.807, 2.05) is 12.1 Å². The van der Waals surface area contributed by atoms with Gasteiger partial charge >= 0.3 is 0 Å². The molecule has 0 aliphatic carbocycles. The molecule has 2 aliphatic rings. The second-order valence-corrected chi connectivity index (χ2v) is 5.45. The van der Waals surface area contributed by atoms with Gasteiger partial charge in [0.1, 0.15) is 17.7 Å². The lowest BCUT2D eigenvalue weighted by molar-refractivity contribution is 0.0851. The number of aliphatic imine (C=N–C) groups is 1. The third-order valence-electron chi connectivity index (χ3n) is 3.26. The van der Waals surface area contributed by atoms with E-state index in [-0.39, 0.29) is 6.10 Å². The van der Waals surface area contributed by atoms with Gasteiger partial charge in [0.05, 0.1) is 20.3 Å². The van der Waals surface area contributed by atoms with Crippen molar-refractivity contribution in [1.29, 1.82) is 0 Å². The summed E-state index contributed by atoms with van der Waals surface area (Å²) < 4.78 is 45.3. The van der Waals surface area contributed by atoms with Gasteiger partial charge in [-0.05, 0) is 18.1 Å². The smallest absolute Gasteiger partial charge is 0.140 e. The summed E-state index contributed by atoms with van der Waals surface area (Å²) in [7, 11) is -3.45. The fourth-order valence-corrected chi connectivity index (χ4v) is 2.47. The molecular weight excluding hydrogens is 312 g/mol. The van der Waals surface area contributed by atoms with Crippen molar-refractivity contribution in [3.63, 3.8) is 0 Å². The Morgan fingerprint density at radius 1 is 1.41 bits per heavy atom. The molecule has 22 heavy (non-hydrogen) atoms. The van der Waals surface area contributed by atoms with Gasteiger partial charge in [-0.15, -0.1) is 0 Å². The zero-order valence-corrected chi connectivity index (χ0v) is 12.8. The number of amidine groups is 1. The molecule has 1 unspecified atom stereocenters. The van der Waals surface area contributed by atoms with E-state index in [1.165, 1.54) is 11.1 Å². The van der Waals surface area contributed by atoms with Gasteiger partial charge in [0.25, 0.3) is 0 Å². The lowest BCUT2D eigenvalue weighted by atomic mass is 9.96. The number of nitrogens with one attached hydrogen (secondary N) is 1. The number of hydrogen-bond donors (Lipinski definition) is 1. The van der Waals surface area contributed by atoms with Crippen LogP contribution in [0.5, 0.6) is 5.75 Å². The van der Waals surface area contributed by atoms with Crippen LogP contribution in [0, 0.1) is 0 Å². The number of ether oxygens (including phenoxy) is 2. The van der Waals surface area contributed by atoms with Crippen LogP contribution in [-0.2, 0) is 21.6 Å². The van der Waals surface area contributed by atoms with Gasteiger partial charge < -0.3 is 23.9 Å². The summed E-state index contributed by atoms with van der Waals surface area (Å²) in [4.78, 5) is 4.45. The maximum atomic E-state index is 8.52. The third-order valence-corrected chi connectivity index (χ3v) is 3.26. The first-order valence-electron chi connectivity index (χ1n) is 6.62. The molecule has 0 fully saturated rings. The Bertz CT molecular complexity index is 650. The topological polar surface area (TPSA) is 123 Å². The largest absolute Gasteiger partial charge is 0.759 e. The zero-order chi connectivity index (χ0) is 16.2. The first kappa shape index (κ1) is 16.7. The molecule has 0 amide bonds. The first-order valence-corrected chi connectivity index (χ1v) is 7.96. The molecule has 122 valence electrons. The molecule has 1 aromatic rings. The molecule has 0 saturated heterocycles. The molecule has 1 aromatic carbocycles. The highest BCUT2D eigenvalue weighted by atomic mass is 32.3. The normalized spacial score (nSPS) is 20.1. The summed E-state index contributed by atoms with van der Waals surface area (Å²) in [6, 6.07) is 6.12. The van der Waals surface area contributed by atoms with Crippen molar-refractivity contribution in [2.45, 2.75) is 12.5 Å². The van der Waals surface area contributed by atoms with Crippen LogP contribution >= 0.6 is 0 Å². The lowest BCUT2D eigenvalue weighted by Crippen LogP contribution is -2.31. The standard InChI is InChI=1S/C13H16N2O2.H2O4S/c1-16-11-4-2-3-10-9(11)5-8-17-12(10)13-14-6-7-15-13;1-5(2,3)4/h2-4,12H,5-8H2,1H3,(H,14,15);(H2,1,2,3,4)/p-2. The van der Waals surface area contributed by atoms with E-state index in [0.717, 1.165) is 37.7 Å². The minimum Gasteiger partial charge on any atom is -0.759 e. The first-order chi connectivity index (χ1) is 10.4. The van der Waals surface area contributed by atoms with Gasteiger partial charge in [0.15, 0.2) is 0 Å². The number of fused-ring (bicyclic) bond motifs is 1. The minimum atomic E-state index is -5.17. The average Bonchev–Trinajstić information content (AvgIpc) is 2.98. The maximum Gasteiger partial charge on any atom is 0.140 e. The fraction of sp³-hybridized carbons (Fsp3) is 0.462. The molecule has 2 aliphatic heterocycles. The Morgan fingerprint density at radius 2 is 2.14 bits per heavy atom. The average molecular weight is 328 g/mol. The van der Waals surface area contributed by atoms with E-state index >= 15 is 0 Å². The second-order valence-electron chi connectivity index (χ2n) is 4.63. The van der Waals surface area contributed by atoms with Crippen LogP contribution in [0.25, 0.3) is 0 Å². The van der Waals surface area contributed by atoms with Gasteiger partial charge in [0, 0.05) is 22.5 Å². The molecule has 0 radical (unpaired) electrons. The monoisotopic (exact) mass is 328 g/mol. The highest BCUT2D eigenvalue weighted by Gasteiger charge is 2.28. The molecule has 9 heteroatoms. The number of hydrogen-bond acceptors (Lipinski definition) is 8. The predicted molar refractivity (Wildman–Crippen MR) is 76.2 cm³/mol. The van der Waals surface area contributed by atoms with E-state index in [0.29, 0.717) is 0 Å². The van der Waals surface area contributed by atoms with Gasteiger partial charge in [-0.25, -0.2) is 0 Å². The van der Waals surface area contributed by atoms with Crippen LogP contribution in [0.3, 0.4) is 0 Å². The minimum absolute atomic E-state index is 0.0450. The Labute approximate surface area is 128 Å². The lowest BCUT2D eigenvalue weighted by Gasteiger charge is -2.27. The van der Waals surface area contributed by atoms with E-state index in [1.54, 1.807) is 7.11 Å². The van der Waals surface area contributed by atoms with Crippen molar-refractivity contribution < 1.29 is 27.0 Å². The Morgan fingerprint density at radius 3 is 2.73 bits per heavy atom. The van der Waals surface area contributed by atoms with Crippen LogP contribution < -0.4 is 10.1 Å². The highest BCUT2D eigenvalue weighted by molar-refractivity contribution is 7.79. The number of nitrogens with zero attached hydrogens (tertiary/aromatic N) is 1. The Hall–Kier alpha value is -1.68. The molecular formula is C13H16N2O6S-2. The van der Waals surface area contributed by atoms with E-state index in [4.69, 9.17) is 27.0 Å². The van der Waals surface area contributed by atoms with Gasteiger partial charge in [-0.1, -0.05) is 12.1 Å². The van der Waals surface area contributed by atoms with E-state index < -0.39 is 10.4 Å². The zero-order valence-electron chi connectivity index (χ0n) is 11.9. The van der Waals surface area contributed by atoms with Gasteiger partial charge in [-0.2, -0.15) is 0 Å². The van der Waals surface area contributed by atoms with Crippen LogP contribution in [0.2, 0.25) is 0 Å². The Kier molecular flexibility index (Phi) is 5.35. The molecule has 0 spiro atoms. The van der Waals surface area contributed by atoms with Crippen molar-refractivity contribution >= 4 is 16.2 Å². The molecule has 1 atom stereocenters. The van der Waals surface area contributed by atoms with Crippen LogP contribution in [-0.4, -0.2) is 50.2 Å². The summed E-state index contributed by atoms with van der Waals surface area (Å²) in [5, 5.41) is 3.29. The van der Waals surface area contributed by atoms with Gasteiger partial charge in [-0.3, -0.25) is 13.4 Å². The maximum absolute atomic E-state index is 8.52. The summed E-state index contributed by atoms with van der Waals surface area (Å²) in [6.07, 6.45) is 0.861. The van der Waals surface area contributed by atoms with Crippen LogP contribution in [0.4, 0.5) is 0 Å². The van der Waals surface area contributed by atoms with Gasteiger partial charge in [0.2, 0.25) is 0 Å². The van der Waals surface area contributed by atoms with Crippen molar-refractivity contribution in [3.8, 4) is 5.75 Å². The summed E-state index contributed by atoms with van der Waals surface area (Å²) in [5.74, 6) is 1.91. The predicted octanol–water partition coefficient (Wildman–Crippen LogP) is -0.0273. The number of benzene rings is 1. The molecule has 2 heterocycles. The second kappa shape index (κ2) is 7.05. The van der Waals surface area contributed by atoms with E-state index in [2.05, 4.69) is 16.4 Å². The number of rotatable bonds is 2. The molecule has 0 saturated carbocycles. The van der Waals surface area contributed by atoms with Crippen LogP contribution in [0.1, 0.15) is 17.2 Å². The fourth-order valence-electron chi connectivity index (χ4n) is 2.47. The van der Waals surface area contributed by atoms with Crippen molar-refractivity contribution in [2.24, 2.45) is 4.99 Å². The van der Waals surface area contributed by atoms with Crippen molar-refractivity contribution in [3.05, 3.63) is 29.3 Å². The molecule has 0 bridgehead atoms. The van der Waals surface area contributed by atoms with Crippen molar-refractivity contribution in [2.75, 3.05) is 26.8 Å². The summed E-state index contributed by atoms with van der Waals surface area (Å²) >= 11 is 0. The highest BCUT2D eigenvalue weighted by Crippen LogP contribution is 2.33. The molecule has 3 rings (SSSR count). The molecule has 1 N–H and O–H groups in total. The van der Waals surface area contributed by atoms with Crippen LogP contribution in [0.15, 0.2) is 23.2 Å². The summed E-state index contributed by atoms with van der Waals surface area (Å²) in [6.45, 7) is 2.47. The molecule has 8 nitrogen and oxygen atoms in total. The third kappa shape index (κ3) is 4.41.